The number of hydrogen-bond acceptors (Lipinski definition) is 4. The second-order valence-corrected chi connectivity index (χ2v) is 6.77. The van der Waals surface area contributed by atoms with Crippen molar-refractivity contribution in [2.45, 2.75) is 13.5 Å². The average molecular weight is 333 g/mol. The number of aromatic nitrogens is 3. The molecule has 4 aromatic rings. The van der Waals surface area contributed by atoms with Crippen LogP contribution in [0.25, 0.3) is 21.3 Å². The largest absolute Gasteiger partial charge is 0.308 e. The van der Waals surface area contributed by atoms with Gasteiger partial charge in [0.2, 0.25) is 0 Å². The van der Waals surface area contributed by atoms with Gasteiger partial charge in [-0.15, -0.1) is 10.2 Å². The summed E-state index contributed by atoms with van der Waals surface area (Å²) in [6.07, 6.45) is 1.82. The van der Waals surface area contributed by atoms with E-state index in [1.165, 1.54) is 16.9 Å². The quantitative estimate of drug-likeness (QED) is 0.572. The summed E-state index contributed by atoms with van der Waals surface area (Å²) >= 11 is 1.52. The molecule has 0 unspecified atom stereocenters. The highest BCUT2D eigenvalue weighted by Gasteiger charge is 2.09. The Morgan fingerprint density at radius 3 is 2.62 bits per heavy atom. The summed E-state index contributed by atoms with van der Waals surface area (Å²) in [5.74, 6) is 0. The van der Waals surface area contributed by atoms with Crippen molar-refractivity contribution in [2.75, 3.05) is 0 Å². The lowest BCUT2D eigenvalue weighted by Gasteiger charge is -2.04. The normalized spacial score (nSPS) is 11.0. The topological polar surface area (TPSA) is 47.8 Å². The van der Waals surface area contributed by atoms with Crippen LogP contribution in [0.3, 0.4) is 0 Å². The van der Waals surface area contributed by atoms with Crippen molar-refractivity contribution in [3.8, 4) is 10.6 Å². The van der Waals surface area contributed by atoms with Gasteiger partial charge in [-0.25, -0.2) is 0 Å². The molecule has 0 aliphatic heterocycles. The summed E-state index contributed by atoms with van der Waals surface area (Å²) in [4.78, 5) is 12.6. The zero-order valence-corrected chi connectivity index (χ0v) is 14.0. The Kier molecular flexibility index (Phi) is 3.70. The molecule has 0 fully saturated rings. The lowest BCUT2D eigenvalue weighted by molar-refractivity contribution is 0.751. The van der Waals surface area contributed by atoms with Crippen LogP contribution in [0.1, 0.15) is 10.6 Å². The first-order chi connectivity index (χ1) is 11.7. The smallest absolute Gasteiger partial charge is 0.258 e. The van der Waals surface area contributed by atoms with Crippen LogP contribution in [0.15, 0.2) is 65.6 Å². The summed E-state index contributed by atoms with van der Waals surface area (Å²) in [6.45, 7) is 2.49. The second-order valence-electron chi connectivity index (χ2n) is 5.70. The van der Waals surface area contributed by atoms with Crippen molar-refractivity contribution >= 4 is 22.1 Å². The lowest BCUT2D eigenvalue weighted by atomic mass is 10.2. The SMILES string of the molecule is Cc1ccc(-c2nnc(Cn3ccc4ccccc4c3=O)s2)cc1. The van der Waals surface area contributed by atoms with E-state index in [0.717, 1.165) is 26.4 Å². The van der Waals surface area contributed by atoms with Crippen molar-refractivity contribution < 1.29 is 0 Å². The van der Waals surface area contributed by atoms with Crippen molar-refractivity contribution in [1.82, 2.24) is 14.8 Å². The van der Waals surface area contributed by atoms with Crippen LogP contribution < -0.4 is 5.56 Å². The minimum absolute atomic E-state index is 0.000172. The van der Waals surface area contributed by atoms with Gasteiger partial charge in [-0.3, -0.25) is 4.79 Å². The van der Waals surface area contributed by atoms with Crippen molar-refractivity contribution in [3.05, 3.63) is 81.7 Å². The summed E-state index contributed by atoms with van der Waals surface area (Å²) in [6, 6.07) is 17.8. The number of fused-ring (bicyclic) bond motifs is 1. The zero-order chi connectivity index (χ0) is 16.5. The van der Waals surface area contributed by atoms with E-state index in [4.69, 9.17) is 0 Å². The number of rotatable bonds is 3. The van der Waals surface area contributed by atoms with Gasteiger partial charge in [-0.05, 0) is 24.4 Å². The maximum absolute atomic E-state index is 12.6. The molecule has 0 aliphatic carbocycles. The average Bonchev–Trinajstić information content (AvgIpc) is 3.07. The molecule has 0 bridgehead atoms. The maximum atomic E-state index is 12.6. The van der Waals surface area contributed by atoms with Gasteiger partial charge in [0.05, 0.1) is 6.54 Å². The fraction of sp³-hybridized carbons (Fsp3) is 0.105. The van der Waals surface area contributed by atoms with Gasteiger partial charge in [0.25, 0.3) is 5.56 Å². The van der Waals surface area contributed by atoms with Crippen LogP contribution in [-0.2, 0) is 6.54 Å². The molecule has 4 rings (SSSR count). The van der Waals surface area contributed by atoms with E-state index in [-0.39, 0.29) is 5.56 Å². The molecular weight excluding hydrogens is 318 g/mol. The van der Waals surface area contributed by atoms with E-state index in [2.05, 4.69) is 29.3 Å². The van der Waals surface area contributed by atoms with Gasteiger partial charge in [0, 0.05) is 17.1 Å². The Morgan fingerprint density at radius 1 is 1.00 bits per heavy atom. The molecule has 4 nitrogen and oxygen atoms in total. The van der Waals surface area contributed by atoms with Gasteiger partial charge < -0.3 is 4.57 Å². The zero-order valence-electron chi connectivity index (χ0n) is 13.1. The standard InChI is InChI=1S/C19H15N3OS/c1-13-6-8-15(9-7-13)18-21-20-17(24-18)12-22-11-10-14-4-2-3-5-16(14)19(22)23/h2-11H,12H2,1H3. The molecule has 5 heteroatoms. The van der Waals surface area contributed by atoms with Crippen LogP contribution in [0, 0.1) is 6.92 Å². The minimum Gasteiger partial charge on any atom is -0.308 e. The summed E-state index contributed by atoms with van der Waals surface area (Å²) in [5, 5.41) is 11.9. The third kappa shape index (κ3) is 2.74. The molecule has 24 heavy (non-hydrogen) atoms. The van der Waals surface area contributed by atoms with E-state index >= 15 is 0 Å². The Hall–Kier alpha value is -2.79. The number of nitrogens with zero attached hydrogens (tertiary/aromatic N) is 3. The van der Waals surface area contributed by atoms with E-state index in [9.17, 15) is 4.79 Å². The molecule has 2 aromatic carbocycles. The molecule has 0 saturated carbocycles. The highest BCUT2D eigenvalue weighted by Crippen LogP contribution is 2.24. The van der Waals surface area contributed by atoms with Gasteiger partial charge >= 0.3 is 0 Å². The summed E-state index contributed by atoms with van der Waals surface area (Å²) in [7, 11) is 0. The Balaban J connectivity index is 1.66. The highest BCUT2D eigenvalue weighted by atomic mass is 32.1. The number of hydrogen-bond donors (Lipinski definition) is 0. The van der Waals surface area contributed by atoms with Gasteiger partial charge in [0.15, 0.2) is 0 Å². The van der Waals surface area contributed by atoms with E-state index in [1.54, 1.807) is 4.57 Å². The Morgan fingerprint density at radius 2 is 1.79 bits per heavy atom. The van der Waals surface area contributed by atoms with Crippen molar-refractivity contribution in [2.24, 2.45) is 0 Å². The summed E-state index contributed by atoms with van der Waals surface area (Å²) < 4.78 is 1.68. The Labute approximate surface area is 143 Å². The minimum atomic E-state index is 0.000172. The predicted molar refractivity (Wildman–Crippen MR) is 97.4 cm³/mol. The van der Waals surface area contributed by atoms with Crippen LogP contribution >= 0.6 is 11.3 Å². The van der Waals surface area contributed by atoms with Crippen LogP contribution in [0.4, 0.5) is 0 Å². The monoisotopic (exact) mass is 333 g/mol. The number of pyridine rings is 1. The molecule has 0 atom stereocenters. The van der Waals surface area contributed by atoms with E-state index < -0.39 is 0 Å². The summed E-state index contributed by atoms with van der Waals surface area (Å²) in [5.41, 5.74) is 2.27. The van der Waals surface area contributed by atoms with Crippen molar-refractivity contribution in [3.63, 3.8) is 0 Å². The van der Waals surface area contributed by atoms with Gasteiger partial charge in [0.1, 0.15) is 10.0 Å². The highest BCUT2D eigenvalue weighted by molar-refractivity contribution is 7.14. The molecule has 2 heterocycles. The third-order valence-corrected chi connectivity index (χ3v) is 4.91. The first-order valence-electron chi connectivity index (χ1n) is 7.68. The number of benzene rings is 2. The first-order valence-corrected chi connectivity index (χ1v) is 8.50. The molecule has 0 saturated heterocycles. The molecular formula is C19H15N3OS. The Bertz CT molecular complexity index is 1060. The maximum Gasteiger partial charge on any atom is 0.258 e. The van der Waals surface area contributed by atoms with Crippen LogP contribution in [0.5, 0.6) is 0 Å². The lowest BCUT2D eigenvalue weighted by Crippen LogP contribution is -2.19. The van der Waals surface area contributed by atoms with Gasteiger partial charge in [-0.1, -0.05) is 59.4 Å². The van der Waals surface area contributed by atoms with Crippen LogP contribution in [-0.4, -0.2) is 14.8 Å². The molecule has 0 spiro atoms. The molecule has 0 aliphatic rings. The first kappa shape index (κ1) is 14.8. The molecule has 0 N–H and O–H groups in total. The fourth-order valence-corrected chi connectivity index (χ4v) is 3.47. The van der Waals surface area contributed by atoms with Gasteiger partial charge in [-0.2, -0.15) is 0 Å². The molecule has 0 radical (unpaired) electrons. The van der Waals surface area contributed by atoms with Crippen LogP contribution in [0.2, 0.25) is 0 Å². The second kappa shape index (κ2) is 6.02. The molecule has 0 amide bonds. The third-order valence-electron chi connectivity index (χ3n) is 3.96. The fourth-order valence-electron chi connectivity index (χ4n) is 2.63. The van der Waals surface area contributed by atoms with Crippen molar-refractivity contribution in [1.29, 1.82) is 0 Å². The molecule has 118 valence electrons. The predicted octanol–water partition coefficient (Wildman–Crippen LogP) is 3.88. The number of aryl methyl sites for hydroxylation is 1. The van der Waals surface area contributed by atoms with E-state index in [1.807, 2.05) is 48.7 Å². The van der Waals surface area contributed by atoms with E-state index in [0.29, 0.717) is 6.54 Å². The molecule has 2 aromatic heterocycles.